The Morgan fingerprint density at radius 1 is 1.24 bits per heavy atom. The predicted octanol–water partition coefficient (Wildman–Crippen LogP) is 4.61. The van der Waals surface area contributed by atoms with Crippen LogP contribution in [0.3, 0.4) is 0 Å². The number of aromatic amines is 1. The van der Waals surface area contributed by atoms with Gasteiger partial charge in [0.1, 0.15) is 11.5 Å². The third-order valence-electron chi connectivity index (χ3n) is 7.74. The highest BCUT2D eigenvalue weighted by Gasteiger charge is 2.35. The van der Waals surface area contributed by atoms with Crippen LogP contribution in [0.15, 0.2) is 24.8 Å². The Balaban J connectivity index is 1.41. The number of nitrogens with zero attached hydrogens (tertiary/aromatic N) is 5. The van der Waals surface area contributed by atoms with Gasteiger partial charge in [0.25, 0.3) is 12.3 Å². The second-order valence-corrected chi connectivity index (χ2v) is 12.6. The zero-order chi connectivity index (χ0) is 30.3. The summed E-state index contributed by atoms with van der Waals surface area (Å²) in [6, 6.07) is 3.31. The van der Waals surface area contributed by atoms with E-state index >= 15 is 0 Å². The highest BCUT2D eigenvalue weighted by atomic mass is 35.5. The average molecular weight is 624 g/mol. The number of likely N-dealkylation sites (tertiary alicyclic amines) is 2. The van der Waals surface area contributed by atoms with Crippen LogP contribution >= 0.6 is 23.2 Å². The van der Waals surface area contributed by atoms with E-state index in [9.17, 15) is 18.4 Å². The predicted molar refractivity (Wildman–Crippen MR) is 158 cm³/mol. The van der Waals surface area contributed by atoms with Gasteiger partial charge in [-0.25, -0.2) is 13.8 Å². The Kier molecular flexibility index (Phi) is 8.51. The number of carbonyl (C=O) groups is 2. The van der Waals surface area contributed by atoms with E-state index in [1.165, 1.54) is 6.08 Å². The van der Waals surface area contributed by atoms with Gasteiger partial charge in [0.2, 0.25) is 5.91 Å². The number of hydrogen-bond donors (Lipinski definition) is 3. The van der Waals surface area contributed by atoms with Crippen LogP contribution in [-0.4, -0.2) is 86.6 Å². The number of carbonyl (C=O) groups excluding carboxylic acids is 2. The molecule has 2 aliphatic rings. The van der Waals surface area contributed by atoms with E-state index in [4.69, 9.17) is 23.2 Å². The monoisotopic (exact) mass is 622 g/mol. The minimum atomic E-state index is -2.46. The van der Waals surface area contributed by atoms with Crippen molar-refractivity contribution in [3.63, 3.8) is 0 Å². The smallest absolute Gasteiger partial charge is 0.271 e. The van der Waals surface area contributed by atoms with Gasteiger partial charge >= 0.3 is 0 Å². The van der Waals surface area contributed by atoms with Gasteiger partial charge in [0.05, 0.1) is 24.6 Å². The Labute approximate surface area is 252 Å². The first kappa shape index (κ1) is 30.2. The molecule has 1 atom stereocenters. The van der Waals surface area contributed by atoms with Crippen LogP contribution in [0.4, 0.5) is 14.6 Å². The Bertz CT molecular complexity index is 1510. The van der Waals surface area contributed by atoms with Crippen molar-refractivity contribution >= 4 is 51.7 Å². The highest BCUT2D eigenvalue weighted by Crippen LogP contribution is 2.35. The summed E-state index contributed by atoms with van der Waals surface area (Å²) in [7, 11) is 0. The van der Waals surface area contributed by atoms with Crippen LogP contribution in [0, 0.1) is 0 Å². The number of H-pyrrole nitrogens is 1. The Morgan fingerprint density at radius 2 is 1.98 bits per heavy atom. The molecule has 2 fully saturated rings. The van der Waals surface area contributed by atoms with E-state index in [1.54, 1.807) is 14.4 Å². The van der Waals surface area contributed by atoms with E-state index in [0.29, 0.717) is 49.3 Å². The molecule has 0 aliphatic carbocycles. The maximum absolute atomic E-state index is 13.5. The summed E-state index contributed by atoms with van der Waals surface area (Å²) in [6.45, 7) is 11.1. The molecule has 1 aromatic carbocycles. The second-order valence-electron chi connectivity index (χ2n) is 11.8. The minimum Gasteiger partial charge on any atom is -0.361 e. The molecule has 2 aromatic heterocycles. The fourth-order valence-corrected chi connectivity index (χ4v) is 6.32. The summed E-state index contributed by atoms with van der Waals surface area (Å²) >= 11 is 13.1. The normalized spacial score (nSPS) is 18.1. The number of hydrogen-bond acceptors (Lipinski definition) is 6. The van der Waals surface area contributed by atoms with E-state index in [1.807, 2.05) is 12.1 Å². The molecule has 10 nitrogen and oxygen atoms in total. The van der Waals surface area contributed by atoms with Crippen molar-refractivity contribution in [2.24, 2.45) is 0 Å². The van der Waals surface area contributed by atoms with Crippen LogP contribution < -0.4 is 10.6 Å². The second kappa shape index (κ2) is 11.8. The lowest BCUT2D eigenvalue weighted by molar-refractivity contribution is -0.130. The summed E-state index contributed by atoms with van der Waals surface area (Å²) in [5.74, 6) is 0.421. The van der Waals surface area contributed by atoms with Gasteiger partial charge in [0, 0.05) is 42.6 Å². The van der Waals surface area contributed by atoms with Crippen LogP contribution in [0.1, 0.15) is 55.1 Å². The van der Waals surface area contributed by atoms with Gasteiger partial charge in [-0.1, -0.05) is 50.6 Å². The first-order chi connectivity index (χ1) is 19.8. The van der Waals surface area contributed by atoms with Crippen LogP contribution in [0.2, 0.25) is 10.2 Å². The fourth-order valence-electron chi connectivity index (χ4n) is 5.60. The third-order valence-corrected chi connectivity index (χ3v) is 8.32. The molecule has 0 bridgehead atoms. The van der Waals surface area contributed by atoms with Gasteiger partial charge in [-0.2, -0.15) is 5.10 Å². The molecular weight excluding hydrogens is 589 g/mol. The Morgan fingerprint density at radius 3 is 2.64 bits per heavy atom. The molecule has 0 saturated carbocycles. The fraction of sp³-hybridized carbons (Fsp3) is 0.500. The zero-order valence-electron chi connectivity index (χ0n) is 23.7. The standard InChI is InChI=1S/C28H34Cl2F2N8O2/c1-5-23(41)39-11-15(12-39)34-27(42)24-25(30)35-22(40(24)16-6-7-38(13-16)14-21(31)32)10-33-26-17-8-18(28(2,3)4)19(29)9-20(17)36-37-26/h5,8-9,15-16,21H,1,6-7,10-14H2,2-4H3,(H,34,42)(H2,33,36,37). The molecule has 42 heavy (non-hydrogen) atoms. The molecule has 3 N–H and O–H groups in total. The van der Waals surface area contributed by atoms with Crippen LogP contribution in [0.5, 0.6) is 0 Å². The number of imidazole rings is 1. The molecule has 3 aromatic rings. The number of nitrogens with one attached hydrogen (secondary N) is 3. The SMILES string of the molecule is C=CC(=O)N1CC(NC(=O)c2c(Cl)nc(CNc3n[nH]c4cc(Cl)c(C(C)(C)C)cc34)n2C2CCN(CC(F)F)C2)C1. The van der Waals surface area contributed by atoms with Crippen molar-refractivity contribution in [2.75, 3.05) is 38.0 Å². The van der Waals surface area contributed by atoms with Crippen molar-refractivity contribution in [3.8, 4) is 0 Å². The quantitative estimate of drug-likeness (QED) is 0.301. The lowest BCUT2D eigenvalue weighted by Gasteiger charge is -2.39. The molecule has 226 valence electrons. The molecular formula is C28H34Cl2F2N8O2. The molecule has 0 spiro atoms. The van der Waals surface area contributed by atoms with Gasteiger partial charge in [-0.05, 0) is 35.6 Å². The van der Waals surface area contributed by atoms with Crippen LogP contribution in [-0.2, 0) is 16.8 Å². The molecule has 5 rings (SSSR count). The topological polar surface area (TPSA) is 111 Å². The third kappa shape index (κ3) is 6.11. The van der Waals surface area contributed by atoms with Gasteiger partial charge < -0.3 is 20.1 Å². The van der Waals surface area contributed by atoms with Crippen molar-refractivity contribution in [1.29, 1.82) is 0 Å². The number of rotatable bonds is 9. The van der Waals surface area contributed by atoms with Crippen LogP contribution in [0.25, 0.3) is 10.9 Å². The molecule has 14 heteroatoms. The van der Waals surface area contributed by atoms with Gasteiger partial charge in [-0.15, -0.1) is 0 Å². The summed E-state index contributed by atoms with van der Waals surface area (Å²) < 4.78 is 28.0. The number of benzene rings is 1. The lowest BCUT2D eigenvalue weighted by Crippen LogP contribution is -2.60. The summed E-state index contributed by atoms with van der Waals surface area (Å²) in [5.41, 5.74) is 1.72. The summed E-state index contributed by atoms with van der Waals surface area (Å²) in [6.07, 6.45) is -0.676. The van der Waals surface area contributed by atoms with Crippen molar-refractivity contribution in [1.82, 2.24) is 34.9 Å². The maximum atomic E-state index is 13.5. The van der Waals surface area contributed by atoms with Crippen molar-refractivity contribution in [2.45, 2.75) is 57.7 Å². The number of amides is 2. The number of aromatic nitrogens is 4. The lowest BCUT2D eigenvalue weighted by atomic mass is 9.86. The van der Waals surface area contributed by atoms with Gasteiger partial charge in [-0.3, -0.25) is 19.6 Å². The molecule has 2 amide bonds. The highest BCUT2D eigenvalue weighted by molar-refractivity contribution is 6.32. The van der Waals surface area contributed by atoms with Crippen molar-refractivity contribution < 1.29 is 18.4 Å². The molecule has 0 radical (unpaired) electrons. The average Bonchev–Trinajstić information content (AvgIpc) is 3.59. The molecule has 2 saturated heterocycles. The van der Waals surface area contributed by atoms with E-state index in [0.717, 1.165) is 16.5 Å². The minimum absolute atomic E-state index is 0.0173. The number of halogens is 4. The first-order valence-electron chi connectivity index (χ1n) is 13.8. The van der Waals surface area contributed by atoms with E-state index < -0.39 is 12.3 Å². The van der Waals surface area contributed by atoms with Gasteiger partial charge in [0.15, 0.2) is 11.0 Å². The first-order valence-corrected chi connectivity index (χ1v) is 14.5. The summed E-state index contributed by atoms with van der Waals surface area (Å²) in [5, 5.41) is 15.2. The maximum Gasteiger partial charge on any atom is 0.271 e. The number of anilines is 1. The molecule has 4 heterocycles. The van der Waals surface area contributed by atoms with E-state index in [2.05, 4.69) is 53.2 Å². The number of alkyl halides is 2. The molecule has 2 aliphatic heterocycles. The summed E-state index contributed by atoms with van der Waals surface area (Å²) in [4.78, 5) is 33.0. The largest absolute Gasteiger partial charge is 0.361 e. The molecule has 1 unspecified atom stereocenters. The van der Waals surface area contributed by atoms with E-state index in [-0.39, 0.29) is 47.3 Å². The van der Waals surface area contributed by atoms with Crippen molar-refractivity contribution in [3.05, 3.63) is 52.0 Å². The Hall–Kier alpha value is -3.22. The number of fused-ring (bicyclic) bond motifs is 1. The zero-order valence-corrected chi connectivity index (χ0v) is 25.2.